The molecule has 2 aromatic carbocycles. The fourth-order valence-electron chi connectivity index (χ4n) is 3.49. The molecule has 4 rings (SSSR count). The molecule has 1 amide bonds. The first-order valence-electron chi connectivity index (χ1n) is 9.97. The van der Waals surface area contributed by atoms with Crippen molar-refractivity contribution in [3.8, 4) is 5.69 Å². The van der Waals surface area contributed by atoms with E-state index in [4.69, 9.17) is 10.7 Å². The average molecular weight is 450 g/mol. The molecule has 7 heteroatoms. The van der Waals surface area contributed by atoms with Crippen LogP contribution in [0.5, 0.6) is 0 Å². The molecule has 0 aliphatic heterocycles. The van der Waals surface area contributed by atoms with Gasteiger partial charge >= 0.3 is 0 Å². The quantitative estimate of drug-likeness (QED) is 0.339. The second-order valence-electron chi connectivity index (χ2n) is 7.44. The molecule has 0 spiro atoms. The molecule has 5 nitrogen and oxygen atoms in total. The van der Waals surface area contributed by atoms with E-state index in [9.17, 15) is 9.59 Å². The third-order valence-electron chi connectivity index (χ3n) is 5.39. The Bertz CT molecular complexity index is 1340. The zero-order valence-electron chi connectivity index (χ0n) is 17.6. The Labute approximate surface area is 188 Å². The first kappa shape index (κ1) is 21.3. The summed E-state index contributed by atoms with van der Waals surface area (Å²) < 4.78 is 1.75. The number of thioether (sulfide) groups is 1. The molecule has 0 aliphatic carbocycles. The maximum Gasteiger partial charge on any atom is 0.267 e. The van der Waals surface area contributed by atoms with E-state index in [1.807, 2.05) is 57.2 Å². The van der Waals surface area contributed by atoms with Gasteiger partial charge in [-0.05, 0) is 62.1 Å². The van der Waals surface area contributed by atoms with Crippen molar-refractivity contribution in [2.24, 2.45) is 5.73 Å². The molecule has 0 bridgehead atoms. The Hall–Kier alpha value is -2.90. The normalized spacial score (nSPS) is 11.2. The van der Waals surface area contributed by atoms with Crippen molar-refractivity contribution in [1.82, 2.24) is 9.55 Å². The van der Waals surface area contributed by atoms with E-state index in [1.165, 1.54) is 0 Å². The highest BCUT2D eigenvalue weighted by molar-refractivity contribution is 7.99. The lowest BCUT2D eigenvalue weighted by atomic mass is 10.1. The van der Waals surface area contributed by atoms with E-state index in [2.05, 4.69) is 0 Å². The number of benzene rings is 2. The highest BCUT2D eigenvalue weighted by Crippen LogP contribution is 2.30. The lowest BCUT2D eigenvalue weighted by molar-refractivity contribution is 0.100. The Morgan fingerprint density at radius 3 is 2.48 bits per heavy atom. The Balaban J connectivity index is 1.71. The number of carbonyl (C=O) groups excluding carboxylic acids is 1. The van der Waals surface area contributed by atoms with Gasteiger partial charge in [0.2, 0.25) is 5.91 Å². The molecule has 0 atom stereocenters. The van der Waals surface area contributed by atoms with Gasteiger partial charge in [0, 0.05) is 16.2 Å². The van der Waals surface area contributed by atoms with Crippen molar-refractivity contribution in [2.45, 2.75) is 32.3 Å². The molecule has 0 aliphatic rings. The van der Waals surface area contributed by atoms with Crippen LogP contribution in [-0.4, -0.2) is 21.2 Å². The maximum atomic E-state index is 13.5. The summed E-state index contributed by atoms with van der Waals surface area (Å²) in [6, 6.07) is 15.2. The van der Waals surface area contributed by atoms with Gasteiger partial charge < -0.3 is 5.73 Å². The molecule has 2 aromatic heterocycles. The Kier molecular flexibility index (Phi) is 5.98. The summed E-state index contributed by atoms with van der Waals surface area (Å²) in [6.45, 7) is 6.02. The minimum absolute atomic E-state index is 0.0190. The number of primary amides is 1. The molecule has 2 heterocycles. The number of thiophene rings is 1. The van der Waals surface area contributed by atoms with Gasteiger partial charge in [0.05, 0.1) is 11.1 Å². The molecule has 158 valence electrons. The number of para-hydroxylation sites is 1. The standard InChI is InChI=1S/C24H23N3O2S2/c1-14-6-4-5-7-19(14)27-23(29)20-15(2)16(3)31-22(20)26-24(27)30-13-12-17-8-10-18(11-9-17)21(25)28/h4-11H,12-13H2,1-3H3,(H2,25,28). The molecular formula is C24H23N3O2S2. The van der Waals surface area contributed by atoms with E-state index in [0.29, 0.717) is 16.1 Å². The summed E-state index contributed by atoms with van der Waals surface area (Å²) >= 11 is 3.13. The van der Waals surface area contributed by atoms with E-state index in [0.717, 1.165) is 44.3 Å². The van der Waals surface area contributed by atoms with Crippen molar-refractivity contribution in [2.75, 3.05) is 5.75 Å². The lowest BCUT2D eigenvalue weighted by Crippen LogP contribution is -2.22. The van der Waals surface area contributed by atoms with E-state index < -0.39 is 5.91 Å². The van der Waals surface area contributed by atoms with Gasteiger partial charge in [-0.3, -0.25) is 14.2 Å². The fourth-order valence-corrected chi connectivity index (χ4v) is 5.56. The highest BCUT2D eigenvalue weighted by Gasteiger charge is 2.18. The second kappa shape index (κ2) is 8.69. The van der Waals surface area contributed by atoms with E-state index >= 15 is 0 Å². The first-order chi connectivity index (χ1) is 14.9. The highest BCUT2D eigenvalue weighted by atomic mass is 32.2. The van der Waals surface area contributed by atoms with Crippen LogP contribution < -0.4 is 11.3 Å². The van der Waals surface area contributed by atoms with Crippen molar-refractivity contribution in [1.29, 1.82) is 0 Å². The summed E-state index contributed by atoms with van der Waals surface area (Å²) in [5, 5.41) is 1.40. The number of rotatable bonds is 6. The van der Waals surface area contributed by atoms with Crippen LogP contribution in [0, 0.1) is 20.8 Å². The molecule has 0 saturated heterocycles. The average Bonchev–Trinajstić information content (AvgIpc) is 3.03. The molecule has 0 saturated carbocycles. The van der Waals surface area contributed by atoms with Crippen molar-refractivity contribution in [3.05, 3.63) is 86.0 Å². The number of hydrogen-bond acceptors (Lipinski definition) is 5. The molecule has 0 unspecified atom stereocenters. The molecule has 4 aromatic rings. The largest absolute Gasteiger partial charge is 0.366 e. The van der Waals surface area contributed by atoms with Gasteiger partial charge in [0.1, 0.15) is 4.83 Å². The number of fused-ring (bicyclic) bond motifs is 1. The van der Waals surface area contributed by atoms with Crippen LogP contribution in [0.1, 0.15) is 31.9 Å². The molecular weight excluding hydrogens is 426 g/mol. The summed E-state index contributed by atoms with van der Waals surface area (Å²) in [6.07, 6.45) is 0.786. The molecule has 0 radical (unpaired) electrons. The monoisotopic (exact) mass is 449 g/mol. The number of carbonyl (C=O) groups is 1. The predicted molar refractivity (Wildman–Crippen MR) is 129 cm³/mol. The van der Waals surface area contributed by atoms with Crippen LogP contribution in [-0.2, 0) is 6.42 Å². The van der Waals surface area contributed by atoms with Crippen LogP contribution in [0.3, 0.4) is 0 Å². The number of hydrogen-bond donors (Lipinski definition) is 1. The molecule has 2 N–H and O–H groups in total. The van der Waals surface area contributed by atoms with Crippen LogP contribution in [0.25, 0.3) is 15.9 Å². The van der Waals surface area contributed by atoms with Gasteiger partial charge in [-0.2, -0.15) is 0 Å². The third-order valence-corrected chi connectivity index (χ3v) is 7.43. The fraction of sp³-hybridized carbons (Fsp3) is 0.208. The number of aromatic nitrogens is 2. The Morgan fingerprint density at radius 1 is 1.10 bits per heavy atom. The molecule has 0 fully saturated rings. The van der Waals surface area contributed by atoms with Crippen LogP contribution >= 0.6 is 23.1 Å². The first-order valence-corrected chi connectivity index (χ1v) is 11.8. The Morgan fingerprint density at radius 2 is 1.81 bits per heavy atom. The van der Waals surface area contributed by atoms with Gasteiger partial charge in [-0.15, -0.1) is 11.3 Å². The summed E-state index contributed by atoms with van der Waals surface area (Å²) in [5.41, 5.74) is 9.79. The van der Waals surface area contributed by atoms with Crippen molar-refractivity contribution >= 4 is 39.2 Å². The van der Waals surface area contributed by atoms with E-state index in [1.54, 1.807) is 39.8 Å². The second-order valence-corrected chi connectivity index (χ2v) is 9.71. The van der Waals surface area contributed by atoms with Gasteiger partial charge in [0.25, 0.3) is 5.56 Å². The maximum absolute atomic E-state index is 13.5. The minimum Gasteiger partial charge on any atom is -0.366 e. The molecule has 31 heavy (non-hydrogen) atoms. The minimum atomic E-state index is -0.429. The zero-order chi connectivity index (χ0) is 22.1. The SMILES string of the molecule is Cc1ccccc1-n1c(SCCc2ccc(C(N)=O)cc2)nc2sc(C)c(C)c2c1=O. The summed E-state index contributed by atoms with van der Waals surface area (Å²) in [7, 11) is 0. The van der Waals surface area contributed by atoms with Gasteiger partial charge in [-0.1, -0.05) is 42.1 Å². The lowest BCUT2D eigenvalue weighted by Gasteiger charge is -2.14. The summed E-state index contributed by atoms with van der Waals surface area (Å²) in [4.78, 5) is 31.6. The summed E-state index contributed by atoms with van der Waals surface area (Å²) in [5.74, 6) is 0.325. The van der Waals surface area contributed by atoms with Crippen molar-refractivity contribution < 1.29 is 4.79 Å². The number of amides is 1. The predicted octanol–water partition coefficient (Wildman–Crippen LogP) is 4.81. The third kappa shape index (κ3) is 4.16. The van der Waals surface area contributed by atoms with Gasteiger partial charge in [0.15, 0.2) is 5.16 Å². The van der Waals surface area contributed by atoms with Crippen molar-refractivity contribution in [3.63, 3.8) is 0 Å². The number of aryl methyl sites for hydroxylation is 4. The number of nitrogens with zero attached hydrogens (tertiary/aromatic N) is 2. The topological polar surface area (TPSA) is 78.0 Å². The van der Waals surface area contributed by atoms with E-state index in [-0.39, 0.29) is 5.56 Å². The van der Waals surface area contributed by atoms with Gasteiger partial charge in [-0.25, -0.2) is 4.98 Å². The number of nitrogens with two attached hydrogens (primary N) is 1. The van der Waals surface area contributed by atoms with Crippen LogP contribution in [0.2, 0.25) is 0 Å². The zero-order valence-corrected chi connectivity index (χ0v) is 19.3. The van der Waals surface area contributed by atoms with Crippen LogP contribution in [0.4, 0.5) is 0 Å². The van der Waals surface area contributed by atoms with Crippen LogP contribution in [0.15, 0.2) is 58.5 Å². The smallest absolute Gasteiger partial charge is 0.267 e.